The van der Waals surface area contributed by atoms with E-state index in [1.807, 2.05) is 19.2 Å². The van der Waals surface area contributed by atoms with Crippen LogP contribution in [0, 0.1) is 0 Å². The van der Waals surface area contributed by atoms with Gasteiger partial charge >= 0.3 is 0 Å². The summed E-state index contributed by atoms with van der Waals surface area (Å²) < 4.78 is 0.901. The van der Waals surface area contributed by atoms with Gasteiger partial charge in [0.2, 0.25) is 0 Å². The predicted octanol–water partition coefficient (Wildman–Crippen LogP) is 3.27. The Labute approximate surface area is 101 Å². The van der Waals surface area contributed by atoms with Crippen molar-refractivity contribution < 1.29 is 0 Å². The summed E-state index contributed by atoms with van der Waals surface area (Å²) in [5.74, 6) is 0. The molecule has 0 aliphatic carbocycles. The molecule has 0 aliphatic rings. The van der Waals surface area contributed by atoms with Crippen LogP contribution in [0.3, 0.4) is 0 Å². The number of halogens is 2. The zero-order chi connectivity index (χ0) is 11.0. The number of aromatic nitrogens is 1. The fraction of sp³-hybridized carbons (Fsp3) is 0.100. The molecule has 5 heteroatoms. The predicted molar refractivity (Wildman–Crippen MR) is 68.4 cm³/mol. The normalized spacial score (nSPS) is 10.6. The molecule has 1 aromatic heterocycles. The van der Waals surface area contributed by atoms with Crippen molar-refractivity contribution in [3.8, 4) is 0 Å². The maximum atomic E-state index is 6.13. The largest absolute Gasteiger partial charge is 0.396 e. The molecule has 2 aromatic rings. The van der Waals surface area contributed by atoms with Gasteiger partial charge in [-0.25, -0.2) is 0 Å². The van der Waals surface area contributed by atoms with E-state index in [-0.39, 0.29) is 0 Å². The maximum Gasteiger partial charge on any atom is 0.0881 e. The Hall–Kier alpha value is -1.00. The lowest BCUT2D eigenvalue weighted by Gasteiger charge is -2.10. The van der Waals surface area contributed by atoms with Crippen molar-refractivity contribution >= 4 is 49.8 Å². The first kappa shape index (κ1) is 10.5. The molecule has 0 unspecified atom stereocenters. The topological polar surface area (TPSA) is 50.9 Å². The molecule has 0 spiro atoms. The van der Waals surface area contributed by atoms with Crippen molar-refractivity contribution in [3.05, 3.63) is 27.8 Å². The third-order valence-corrected chi connectivity index (χ3v) is 3.15. The van der Waals surface area contributed by atoms with Crippen molar-refractivity contribution in [2.24, 2.45) is 0 Å². The molecule has 15 heavy (non-hydrogen) atoms. The first-order valence-electron chi connectivity index (χ1n) is 4.35. The van der Waals surface area contributed by atoms with Gasteiger partial charge in [0.05, 0.1) is 28.1 Å². The first-order valence-corrected chi connectivity index (χ1v) is 5.52. The molecule has 1 aromatic carbocycles. The van der Waals surface area contributed by atoms with E-state index < -0.39 is 0 Å². The van der Waals surface area contributed by atoms with Crippen LogP contribution in [0.15, 0.2) is 22.8 Å². The summed E-state index contributed by atoms with van der Waals surface area (Å²) >= 11 is 9.56. The number of nitrogens with zero attached hydrogens (tertiary/aromatic N) is 1. The highest BCUT2D eigenvalue weighted by Gasteiger charge is 2.10. The molecule has 0 atom stereocenters. The lowest BCUT2D eigenvalue weighted by Crippen LogP contribution is -1.98. The molecule has 0 saturated heterocycles. The molecular weight excluding hydrogens is 277 g/mol. The van der Waals surface area contributed by atoms with Gasteiger partial charge < -0.3 is 11.1 Å². The summed E-state index contributed by atoms with van der Waals surface area (Å²) in [5.41, 5.74) is 8.02. The lowest BCUT2D eigenvalue weighted by atomic mass is 10.1. The molecular formula is C10H9BrClN3. The van der Waals surface area contributed by atoms with E-state index in [9.17, 15) is 0 Å². The molecule has 1 heterocycles. The number of nitrogens with one attached hydrogen (secondary N) is 1. The molecule has 0 bridgehead atoms. The second-order valence-electron chi connectivity index (χ2n) is 3.09. The second kappa shape index (κ2) is 3.87. The van der Waals surface area contributed by atoms with Gasteiger partial charge in [-0.3, -0.25) is 4.98 Å². The van der Waals surface area contributed by atoms with Crippen LogP contribution in [-0.4, -0.2) is 12.0 Å². The van der Waals surface area contributed by atoms with Gasteiger partial charge in [0, 0.05) is 16.9 Å². The second-order valence-corrected chi connectivity index (χ2v) is 4.35. The molecule has 3 nitrogen and oxygen atoms in total. The minimum absolute atomic E-state index is 0.588. The number of hydrogen-bond donors (Lipinski definition) is 2. The fourth-order valence-corrected chi connectivity index (χ4v) is 2.20. The maximum absolute atomic E-state index is 6.13. The Kier molecular flexibility index (Phi) is 2.71. The van der Waals surface area contributed by atoms with Crippen LogP contribution in [0.4, 0.5) is 11.4 Å². The van der Waals surface area contributed by atoms with Crippen LogP contribution in [-0.2, 0) is 0 Å². The summed E-state index contributed by atoms with van der Waals surface area (Å²) in [6.45, 7) is 0. The van der Waals surface area contributed by atoms with Gasteiger partial charge in [-0.1, -0.05) is 11.6 Å². The van der Waals surface area contributed by atoms with E-state index in [1.54, 1.807) is 6.20 Å². The van der Waals surface area contributed by atoms with Crippen molar-refractivity contribution in [1.29, 1.82) is 0 Å². The van der Waals surface area contributed by atoms with Crippen molar-refractivity contribution in [3.63, 3.8) is 0 Å². The minimum Gasteiger partial charge on any atom is -0.396 e. The summed E-state index contributed by atoms with van der Waals surface area (Å²) in [6, 6.07) is 3.68. The molecule has 0 aliphatic heterocycles. The average molecular weight is 287 g/mol. The van der Waals surface area contributed by atoms with Crippen LogP contribution in [0.5, 0.6) is 0 Å². The molecule has 0 amide bonds. The molecule has 78 valence electrons. The van der Waals surface area contributed by atoms with Crippen LogP contribution >= 0.6 is 27.5 Å². The average Bonchev–Trinajstić information content (AvgIpc) is 2.23. The SMILES string of the molecule is CNc1c(N)cnc2c(Br)ccc(Cl)c12. The fourth-order valence-electron chi connectivity index (χ4n) is 1.52. The zero-order valence-electron chi connectivity index (χ0n) is 8.01. The van der Waals surface area contributed by atoms with Gasteiger partial charge in [0.25, 0.3) is 0 Å². The summed E-state index contributed by atoms with van der Waals surface area (Å²) in [7, 11) is 1.81. The Bertz CT molecular complexity index is 528. The summed E-state index contributed by atoms with van der Waals surface area (Å²) in [5, 5.41) is 4.51. The van der Waals surface area contributed by atoms with E-state index in [0.717, 1.165) is 21.1 Å². The van der Waals surface area contributed by atoms with Crippen LogP contribution in [0.1, 0.15) is 0 Å². The Morgan fingerprint density at radius 2 is 2.20 bits per heavy atom. The molecule has 2 rings (SSSR count). The number of nitrogen functional groups attached to an aromatic ring is 1. The van der Waals surface area contributed by atoms with Crippen LogP contribution < -0.4 is 11.1 Å². The highest BCUT2D eigenvalue weighted by Crippen LogP contribution is 2.36. The Balaban J connectivity index is 2.96. The number of pyridine rings is 1. The molecule has 0 fully saturated rings. The van der Waals surface area contributed by atoms with Crippen molar-refractivity contribution in [2.75, 3.05) is 18.1 Å². The number of rotatable bonds is 1. The third kappa shape index (κ3) is 1.64. The Morgan fingerprint density at radius 3 is 2.87 bits per heavy atom. The van der Waals surface area contributed by atoms with E-state index in [2.05, 4.69) is 26.2 Å². The van der Waals surface area contributed by atoms with E-state index in [0.29, 0.717) is 10.7 Å². The molecule has 0 saturated carbocycles. The lowest BCUT2D eigenvalue weighted by molar-refractivity contribution is 1.39. The monoisotopic (exact) mass is 285 g/mol. The minimum atomic E-state index is 0.588. The number of anilines is 2. The zero-order valence-corrected chi connectivity index (χ0v) is 10.4. The van der Waals surface area contributed by atoms with Crippen molar-refractivity contribution in [2.45, 2.75) is 0 Å². The third-order valence-electron chi connectivity index (χ3n) is 2.20. The van der Waals surface area contributed by atoms with E-state index in [4.69, 9.17) is 17.3 Å². The highest BCUT2D eigenvalue weighted by molar-refractivity contribution is 9.10. The van der Waals surface area contributed by atoms with E-state index in [1.165, 1.54) is 0 Å². The summed E-state index contributed by atoms with van der Waals surface area (Å²) in [4.78, 5) is 4.25. The van der Waals surface area contributed by atoms with Gasteiger partial charge in [0.1, 0.15) is 0 Å². The molecule has 0 radical (unpaired) electrons. The number of nitrogens with two attached hydrogens (primary N) is 1. The van der Waals surface area contributed by atoms with Crippen LogP contribution in [0.2, 0.25) is 5.02 Å². The number of fused-ring (bicyclic) bond motifs is 1. The molecule has 3 N–H and O–H groups in total. The quantitative estimate of drug-likeness (QED) is 0.846. The first-order chi connectivity index (χ1) is 7.15. The van der Waals surface area contributed by atoms with Gasteiger partial charge in [-0.15, -0.1) is 0 Å². The van der Waals surface area contributed by atoms with Crippen LogP contribution in [0.25, 0.3) is 10.9 Å². The van der Waals surface area contributed by atoms with Gasteiger partial charge in [-0.2, -0.15) is 0 Å². The van der Waals surface area contributed by atoms with E-state index >= 15 is 0 Å². The Morgan fingerprint density at radius 1 is 1.47 bits per heavy atom. The van der Waals surface area contributed by atoms with Crippen molar-refractivity contribution in [1.82, 2.24) is 4.98 Å². The van der Waals surface area contributed by atoms with Gasteiger partial charge in [0.15, 0.2) is 0 Å². The summed E-state index contributed by atoms with van der Waals surface area (Å²) in [6.07, 6.45) is 1.62. The number of benzene rings is 1. The smallest absolute Gasteiger partial charge is 0.0881 e. The van der Waals surface area contributed by atoms with Gasteiger partial charge in [-0.05, 0) is 28.1 Å². The highest BCUT2D eigenvalue weighted by atomic mass is 79.9. The number of hydrogen-bond acceptors (Lipinski definition) is 3. The standard InChI is InChI=1S/C10H9BrClN3/c1-14-10-7(13)4-15-9-5(11)2-3-6(12)8(9)10/h2-4H,13H2,1H3,(H,14,15).